The number of carbonyl (C=O) groups excluding carboxylic acids is 1. The molecule has 6 nitrogen and oxygen atoms in total. The van der Waals surface area contributed by atoms with Crippen LogP contribution < -0.4 is 5.32 Å². The predicted octanol–water partition coefficient (Wildman–Crippen LogP) is 2.08. The van der Waals surface area contributed by atoms with Gasteiger partial charge in [0.2, 0.25) is 5.91 Å². The van der Waals surface area contributed by atoms with Crippen LogP contribution in [0, 0.1) is 31.6 Å². The Kier molecular flexibility index (Phi) is 6.79. The van der Waals surface area contributed by atoms with Crippen molar-refractivity contribution in [3.63, 3.8) is 0 Å². The number of rotatable bonds is 8. The molecule has 130 valence electrons. The topological polar surface area (TPSA) is 84.2 Å². The first-order valence-electron chi connectivity index (χ1n) is 8.13. The smallest absolute Gasteiger partial charge is 0.308 e. The van der Waals surface area contributed by atoms with Gasteiger partial charge in [-0.3, -0.25) is 14.3 Å². The maximum absolute atomic E-state index is 12.3. The van der Waals surface area contributed by atoms with Crippen LogP contribution in [0.25, 0.3) is 0 Å². The van der Waals surface area contributed by atoms with Gasteiger partial charge in [0, 0.05) is 25.2 Å². The molecule has 0 spiro atoms. The van der Waals surface area contributed by atoms with Crippen molar-refractivity contribution < 1.29 is 14.7 Å². The van der Waals surface area contributed by atoms with Crippen LogP contribution in [0.2, 0.25) is 0 Å². The molecule has 2 unspecified atom stereocenters. The average molecular weight is 323 g/mol. The molecule has 2 atom stereocenters. The van der Waals surface area contributed by atoms with E-state index in [0.717, 1.165) is 17.0 Å². The Bertz CT molecular complexity index is 564. The van der Waals surface area contributed by atoms with E-state index in [0.29, 0.717) is 12.8 Å². The van der Waals surface area contributed by atoms with E-state index in [1.54, 1.807) is 0 Å². The van der Waals surface area contributed by atoms with Crippen molar-refractivity contribution in [2.45, 2.75) is 47.5 Å². The number of carboxylic acid groups (broad SMARTS) is 1. The molecule has 0 saturated carbocycles. The second-order valence-electron chi connectivity index (χ2n) is 6.79. The van der Waals surface area contributed by atoms with Gasteiger partial charge in [0.1, 0.15) is 0 Å². The van der Waals surface area contributed by atoms with Crippen LogP contribution in [-0.2, 0) is 23.1 Å². The number of nitrogens with zero attached hydrogens (tertiary/aromatic N) is 2. The van der Waals surface area contributed by atoms with Gasteiger partial charge in [-0.1, -0.05) is 20.8 Å². The van der Waals surface area contributed by atoms with Crippen molar-refractivity contribution in [1.29, 1.82) is 0 Å². The van der Waals surface area contributed by atoms with Crippen molar-refractivity contribution in [3.8, 4) is 0 Å². The van der Waals surface area contributed by atoms with E-state index in [-0.39, 0.29) is 24.3 Å². The number of amides is 1. The number of aliphatic carboxylic acids is 1. The van der Waals surface area contributed by atoms with Gasteiger partial charge in [-0.25, -0.2) is 0 Å². The Labute approximate surface area is 138 Å². The fourth-order valence-electron chi connectivity index (χ4n) is 2.75. The van der Waals surface area contributed by atoms with E-state index in [9.17, 15) is 14.7 Å². The second-order valence-corrected chi connectivity index (χ2v) is 6.79. The average Bonchev–Trinajstić information content (AvgIpc) is 2.68. The van der Waals surface area contributed by atoms with Crippen LogP contribution in [0.4, 0.5) is 0 Å². The van der Waals surface area contributed by atoms with Gasteiger partial charge < -0.3 is 10.4 Å². The van der Waals surface area contributed by atoms with Crippen LogP contribution >= 0.6 is 0 Å². The standard InChI is InChI=1S/C17H29N3O3/c1-10(2)7-14(17(22)23)9-18-16(21)11(3)8-15-12(4)19-20(6)13(15)5/h10-11,14H,7-9H2,1-6H3,(H,18,21)(H,22,23). The molecule has 0 bridgehead atoms. The van der Waals surface area contributed by atoms with Gasteiger partial charge in [0.25, 0.3) is 0 Å². The maximum atomic E-state index is 12.3. The van der Waals surface area contributed by atoms with E-state index in [1.165, 1.54) is 0 Å². The second kappa shape index (κ2) is 8.13. The lowest BCUT2D eigenvalue weighted by molar-refractivity contribution is -0.142. The molecule has 1 heterocycles. The first-order valence-corrected chi connectivity index (χ1v) is 8.13. The Morgan fingerprint density at radius 1 is 1.26 bits per heavy atom. The highest BCUT2D eigenvalue weighted by Crippen LogP contribution is 2.17. The molecule has 0 saturated heterocycles. The Balaban J connectivity index is 2.61. The van der Waals surface area contributed by atoms with Gasteiger partial charge in [-0.05, 0) is 38.2 Å². The first kappa shape index (κ1) is 19.2. The summed E-state index contributed by atoms with van der Waals surface area (Å²) >= 11 is 0. The van der Waals surface area contributed by atoms with Crippen LogP contribution in [-0.4, -0.2) is 33.3 Å². The van der Waals surface area contributed by atoms with Crippen LogP contribution in [0.5, 0.6) is 0 Å². The molecule has 0 radical (unpaired) electrons. The highest BCUT2D eigenvalue weighted by molar-refractivity contribution is 5.79. The number of nitrogens with one attached hydrogen (secondary N) is 1. The monoisotopic (exact) mass is 323 g/mol. The molecule has 2 N–H and O–H groups in total. The summed E-state index contributed by atoms with van der Waals surface area (Å²) in [5, 5.41) is 16.4. The van der Waals surface area contributed by atoms with E-state index < -0.39 is 11.9 Å². The van der Waals surface area contributed by atoms with E-state index in [2.05, 4.69) is 10.4 Å². The molecule has 23 heavy (non-hydrogen) atoms. The van der Waals surface area contributed by atoms with Crippen molar-refractivity contribution in [2.24, 2.45) is 24.8 Å². The highest BCUT2D eigenvalue weighted by atomic mass is 16.4. The molecule has 0 aliphatic carbocycles. The van der Waals surface area contributed by atoms with Gasteiger partial charge in [0.05, 0.1) is 11.6 Å². The minimum atomic E-state index is -0.856. The first-order chi connectivity index (χ1) is 10.6. The molecule has 1 rings (SSSR count). The van der Waals surface area contributed by atoms with Crippen molar-refractivity contribution in [3.05, 3.63) is 17.0 Å². The van der Waals surface area contributed by atoms with Crippen molar-refractivity contribution in [2.75, 3.05) is 6.54 Å². The van der Waals surface area contributed by atoms with Crippen molar-refractivity contribution in [1.82, 2.24) is 15.1 Å². The molecule has 6 heteroatoms. The fraction of sp³-hybridized carbons (Fsp3) is 0.706. The third kappa shape index (κ3) is 5.37. The van der Waals surface area contributed by atoms with E-state index in [4.69, 9.17) is 0 Å². The van der Waals surface area contributed by atoms with Gasteiger partial charge in [0.15, 0.2) is 0 Å². The number of hydrogen-bond acceptors (Lipinski definition) is 3. The van der Waals surface area contributed by atoms with Gasteiger partial charge >= 0.3 is 5.97 Å². The molecule has 1 amide bonds. The Hall–Kier alpha value is -1.85. The minimum Gasteiger partial charge on any atom is -0.481 e. The molecular formula is C17H29N3O3. The highest BCUT2D eigenvalue weighted by Gasteiger charge is 2.22. The SMILES string of the molecule is Cc1nn(C)c(C)c1CC(C)C(=O)NCC(CC(C)C)C(=O)O. The van der Waals surface area contributed by atoms with Crippen molar-refractivity contribution >= 4 is 11.9 Å². The number of carbonyl (C=O) groups is 2. The summed E-state index contributed by atoms with van der Waals surface area (Å²) in [5.41, 5.74) is 3.09. The molecule has 0 fully saturated rings. The fourth-order valence-corrected chi connectivity index (χ4v) is 2.75. The predicted molar refractivity (Wildman–Crippen MR) is 89.1 cm³/mol. The summed E-state index contributed by atoms with van der Waals surface area (Å²) in [6, 6.07) is 0. The summed E-state index contributed by atoms with van der Waals surface area (Å²) in [6.45, 7) is 9.93. The zero-order valence-corrected chi connectivity index (χ0v) is 15.0. The lowest BCUT2D eigenvalue weighted by Gasteiger charge is -2.17. The molecule has 0 aliphatic heterocycles. The molecule has 1 aromatic heterocycles. The molecule has 1 aromatic rings. The van der Waals surface area contributed by atoms with E-state index in [1.807, 2.05) is 46.3 Å². The zero-order chi connectivity index (χ0) is 17.7. The quantitative estimate of drug-likeness (QED) is 0.767. The Morgan fingerprint density at radius 2 is 1.87 bits per heavy atom. The third-order valence-electron chi connectivity index (χ3n) is 4.24. The number of aromatic nitrogens is 2. The molecule has 0 aliphatic rings. The lowest BCUT2D eigenvalue weighted by Crippen LogP contribution is -2.37. The summed E-state index contributed by atoms with van der Waals surface area (Å²) in [5.74, 6) is -1.43. The van der Waals surface area contributed by atoms with E-state index >= 15 is 0 Å². The summed E-state index contributed by atoms with van der Waals surface area (Å²) in [7, 11) is 1.89. The summed E-state index contributed by atoms with van der Waals surface area (Å²) in [6.07, 6.45) is 1.17. The summed E-state index contributed by atoms with van der Waals surface area (Å²) < 4.78 is 1.82. The lowest BCUT2D eigenvalue weighted by atomic mass is 9.96. The number of carboxylic acids is 1. The van der Waals surface area contributed by atoms with Gasteiger partial charge in [-0.2, -0.15) is 5.10 Å². The Morgan fingerprint density at radius 3 is 2.30 bits per heavy atom. The normalized spacial score (nSPS) is 13.9. The van der Waals surface area contributed by atoms with Crippen LogP contribution in [0.15, 0.2) is 0 Å². The molecule has 0 aromatic carbocycles. The maximum Gasteiger partial charge on any atom is 0.308 e. The largest absolute Gasteiger partial charge is 0.481 e. The third-order valence-corrected chi connectivity index (χ3v) is 4.24. The molecular weight excluding hydrogens is 294 g/mol. The van der Waals surface area contributed by atoms with Crippen LogP contribution in [0.3, 0.4) is 0 Å². The van der Waals surface area contributed by atoms with Crippen LogP contribution in [0.1, 0.15) is 44.1 Å². The number of aryl methyl sites for hydroxylation is 2. The minimum absolute atomic E-state index is 0.109. The van der Waals surface area contributed by atoms with Gasteiger partial charge in [-0.15, -0.1) is 0 Å². The number of hydrogen-bond donors (Lipinski definition) is 2. The summed E-state index contributed by atoms with van der Waals surface area (Å²) in [4.78, 5) is 23.5. The zero-order valence-electron chi connectivity index (χ0n) is 15.0.